The molecule has 0 saturated heterocycles. The summed E-state index contributed by atoms with van der Waals surface area (Å²) in [5, 5.41) is 0. The number of aromatic nitrogens is 2. The number of H-pyrrole nitrogens is 1. The van der Waals surface area contributed by atoms with Crippen LogP contribution in [0.3, 0.4) is 0 Å². The number of unbranched alkanes of at least 4 members (excludes halogenated alkanes) is 13. The molecule has 0 aliphatic carbocycles. The fourth-order valence-electron chi connectivity index (χ4n) is 4.43. The third-order valence-electron chi connectivity index (χ3n) is 6.25. The monoisotopic (exact) mass is 391 g/mol. The van der Waals surface area contributed by atoms with Gasteiger partial charge in [-0.15, -0.1) is 0 Å². The largest absolute Gasteiger partial charge is 0.257 e. The highest BCUT2D eigenvalue weighted by molar-refractivity contribution is 4.90. The average Bonchev–Trinajstić information content (AvgIpc) is 3.17. The highest BCUT2D eigenvalue weighted by Gasteiger charge is 2.23. The summed E-state index contributed by atoms with van der Waals surface area (Å²) >= 11 is 0. The van der Waals surface area contributed by atoms with E-state index in [0.29, 0.717) is 12.0 Å². The van der Waals surface area contributed by atoms with Crippen LogP contribution in [0.15, 0.2) is 12.4 Å². The molecule has 0 aliphatic heterocycles. The van der Waals surface area contributed by atoms with Crippen molar-refractivity contribution < 1.29 is 4.57 Å². The van der Waals surface area contributed by atoms with E-state index in [1.807, 2.05) is 0 Å². The van der Waals surface area contributed by atoms with E-state index in [1.165, 1.54) is 115 Å². The summed E-state index contributed by atoms with van der Waals surface area (Å²) in [6.45, 7) is 9.21. The zero-order chi connectivity index (χ0) is 20.5. The van der Waals surface area contributed by atoms with Crippen LogP contribution in [0.1, 0.15) is 155 Å². The number of aromatic amines is 1. The molecule has 2 heteroatoms. The van der Waals surface area contributed by atoms with Crippen molar-refractivity contribution in [2.75, 3.05) is 0 Å². The Morgan fingerprint density at radius 1 is 0.679 bits per heavy atom. The van der Waals surface area contributed by atoms with Crippen LogP contribution in [0.4, 0.5) is 0 Å². The smallest absolute Gasteiger partial charge is 0.247 e. The summed E-state index contributed by atoms with van der Waals surface area (Å²) < 4.78 is 2.47. The summed E-state index contributed by atoms with van der Waals surface area (Å²) in [6.07, 6.45) is 28.3. The Labute approximate surface area is 176 Å². The maximum absolute atomic E-state index is 3.59. The second-order valence-corrected chi connectivity index (χ2v) is 9.22. The first-order valence-electron chi connectivity index (χ1n) is 12.8. The lowest BCUT2D eigenvalue weighted by Crippen LogP contribution is -2.39. The molecule has 0 unspecified atom stereocenters. The van der Waals surface area contributed by atoms with Gasteiger partial charge < -0.3 is 0 Å². The molecule has 0 aromatic carbocycles. The highest BCUT2D eigenvalue weighted by atomic mass is 15.1. The average molecular weight is 392 g/mol. The van der Waals surface area contributed by atoms with Gasteiger partial charge >= 0.3 is 0 Å². The first kappa shape index (κ1) is 25.2. The molecule has 1 rings (SSSR count). The maximum atomic E-state index is 3.59. The molecule has 0 saturated carbocycles. The van der Waals surface area contributed by atoms with Crippen LogP contribution in [0, 0.1) is 0 Å². The Kier molecular flexibility index (Phi) is 15.4. The van der Waals surface area contributed by atoms with E-state index >= 15 is 0 Å². The minimum atomic E-state index is 0.552. The van der Waals surface area contributed by atoms with Crippen LogP contribution in [0.2, 0.25) is 0 Å². The van der Waals surface area contributed by atoms with Gasteiger partial charge in [0.25, 0.3) is 5.82 Å². The van der Waals surface area contributed by atoms with Gasteiger partial charge in [0.15, 0.2) is 0 Å². The third-order valence-corrected chi connectivity index (χ3v) is 6.25. The fourth-order valence-corrected chi connectivity index (χ4v) is 4.43. The second kappa shape index (κ2) is 17.1. The molecule has 164 valence electrons. The summed E-state index contributed by atoms with van der Waals surface area (Å²) in [4.78, 5) is 3.59. The Morgan fingerprint density at radius 2 is 1.11 bits per heavy atom. The Morgan fingerprint density at radius 3 is 1.54 bits per heavy atom. The Balaban J connectivity index is 2.34. The van der Waals surface area contributed by atoms with Crippen molar-refractivity contribution in [3.8, 4) is 0 Å². The van der Waals surface area contributed by atoms with Crippen molar-refractivity contribution in [2.45, 2.75) is 149 Å². The fraction of sp³-hybridized carbons (Fsp3) is 0.885. The molecule has 1 N–H and O–H groups in total. The SMILES string of the molecule is CCCCCCCCCCC[C@H](CCCCCCCC)c1[nH]cc[n+]1C(C)C. The molecule has 1 atom stereocenters. The first-order chi connectivity index (χ1) is 13.7. The van der Waals surface area contributed by atoms with E-state index in [2.05, 4.69) is 49.6 Å². The second-order valence-electron chi connectivity index (χ2n) is 9.22. The molecule has 0 bridgehead atoms. The lowest BCUT2D eigenvalue weighted by molar-refractivity contribution is -0.723. The summed E-state index contributed by atoms with van der Waals surface area (Å²) in [6, 6.07) is 0.552. The third kappa shape index (κ3) is 11.3. The molecule has 0 aliphatic rings. The van der Waals surface area contributed by atoms with Gasteiger partial charge in [0.1, 0.15) is 12.4 Å². The lowest BCUT2D eigenvalue weighted by Gasteiger charge is -2.15. The molecular weight excluding hydrogens is 340 g/mol. The van der Waals surface area contributed by atoms with Crippen LogP contribution in [-0.2, 0) is 0 Å². The van der Waals surface area contributed by atoms with Gasteiger partial charge in [-0.2, -0.15) is 0 Å². The van der Waals surface area contributed by atoms with Gasteiger partial charge in [0, 0.05) is 0 Å². The van der Waals surface area contributed by atoms with E-state index in [1.54, 1.807) is 0 Å². The zero-order valence-electron chi connectivity index (χ0n) is 19.8. The zero-order valence-corrected chi connectivity index (χ0v) is 19.8. The van der Waals surface area contributed by atoms with Gasteiger partial charge in [-0.25, -0.2) is 9.55 Å². The van der Waals surface area contributed by atoms with Crippen LogP contribution < -0.4 is 4.57 Å². The molecule has 2 nitrogen and oxygen atoms in total. The molecule has 0 spiro atoms. The Hall–Kier alpha value is -0.790. The van der Waals surface area contributed by atoms with Crippen LogP contribution in [0.5, 0.6) is 0 Å². The van der Waals surface area contributed by atoms with Crippen LogP contribution >= 0.6 is 0 Å². The topological polar surface area (TPSA) is 19.7 Å². The minimum absolute atomic E-state index is 0.552. The predicted molar refractivity (Wildman–Crippen MR) is 124 cm³/mol. The minimum Gasteiger partial charge on any atom is -0.247 e. The van der Waals surface area contributed by atoms with Crippen molar-refractivity contribution in [3.05, 3.63) is 18.2 Å². The van der Waals surface area contributed by atoms with Crippen LogP contribution in [0.25, 0.3) is 0 Å². The van der Waals surface area contributed by atoms with E-state index in [4.69, 9.17) is 0 Å². The van der Waals surface area contributed by atoms with Crippen molar-refractivity contribution >= 4 is 0 Å². The summed E-state index contributed by atoms with van der Waals surface area (Å²) in [5.41, 5.74) is 0. The maximum Gasteiger partial charge on any atom is 0.257 e. The molecule has 0 radical (unpaired) electrons. The molecule has 0 fully saturated rings. The summed E-state index contributed by atoms with van der Waals surface area (Å²) in [5.74, 6) is 2.19. The van der Waals surface area contributed by atoms with E-state index in [9.17, 15) is 0 Å². The van der Waals surface area contributed by atoms with Gasteiger partial charge in [-0.1, -0.05) is 110 Å². The van der Waals surface area contributed by atoms with Gasteiger partial charge in [0.2, 0.25) is 0 Å². The van der Waals surface area contributed by atoms with E-state index in [-0.39, 0.29) is 0 Å². The molecule has 28 heavy (non-hydrogen) atoms. The van der Waals surface area contributed by atoms with Crippen molar-refractivity contribution in [3.63, 3.8) is 0 Å². The number of nitrogens with zero attached hydrogens (tertiary/aromatic N) is 1. The van der Waals surface area contributed by atoms with E-state index in [0.717, 1.165) is 0 Å². The quantitative estimate of drug-likeness (QED) is 0.180. The van der Waals surface area contributed by atoms with Crippen molar-refractivity contribution in [1.29, 1.82) is 0 Å². The number of hydrogen-bond acceptors (Lipinski definition) is 0. The Bertz CT molecular complexity index is 449. The molecule has 1 aromatic rings. The summed E-state index contributed by atoms with van der Waals surface area (Å²) in [7, 11) is 0. The molecule has 1 aromatic heterocycles. The van der Waals surface area contributed by atoms with Crippen molar-refractivity contribution in [1.82, 2.24) is 4.98 Å². The highest BCUT2D eigenvalue weighted by Crippen LogP contribution is 2.26. The van der Waals surface area contributed by atoms with E-state index < -0.39 is 0 Å². The first-order valence-corrected chi connectivity index (χ1v) is 12.8. The number of hydrogen-bond donors (Lipinski definition) is 1. The predicted octanol–water partition coefficient (Wildman–Crippen LogP) is 8.64. The van der Waals surface area contributed by atoms with Crippen LogP contribution in [-0.4, -0.2) is 4.98 Å². The molecule has 0 amide bonds. The van der Waals surface area contributed by atoms with Gasteiger partial charge in [-0.05, 0) is 26.7 Å². The normalized spacial score (nSPS) is 12.8. The molecule has 1 heterocycles. The standard InChI is InChI=1S/C26H50N2/c1-5-7-9-11-13-14-15-17-19-21-25(20-18-16-12-10-8-6-2)26-27-22-23-28(26)24(3)4/h22-25H,5-21H2,1-4H3/p+1/t25-/m0/s1. The number of nitrogens with one attached hydrogen (secondary N) is 1. The number of rotatable bonds is 19. The van der Waals surface area contributed by atoms with Gasteiger partial charge in [-0.3, -0.25) is 0 Å². The number of imidazole rings is 1. The van der Waals surface area contributed by atoms with Gasteiger partial charge in [0.05, 0.1) is 12.0 Å². The van der Waals surface area contributed by atoms with Crippen molar-refractivity contribution in [2.24, 2.45) is 0 Å². The molecular formula is C26H51N2+. The lowest BCUT2D eigenvalue weighted by atomic mass is 9.93.